The Morgan fingerprint density at radius 2 is 1.50 bits per heavy atom. The molecular formula is C47H55N7O7S. The summed E-state index contributed by atoms with van der Waals surface area (Å²) < 4.78 is 35.1. The third-order valence-electron chi connectivity index (χ3n) is 11.7. The largest absolute Gasteiger partial charge is 0.461 e. The number of carbonyl (C=O) groups excluding carboxylic acids is 2. The minimum absolute atomic E-state index is 0.154. The second-order valence-corrected chi connectivity index (χ2v) is 18.0. The van der Waals surface area contributed by atoms with Crippen LogP contribution in [0.2, 0.25) is 0 Å². The Kier molecular flexibility index (Phi) is 14.9. The molecule has 2 aliphatic heterocycles. The van der Waals surface area contributed by atoms with Crippen LogP contribution in [0.4, 0.5) is 17.2 Å². The van der Waals surface area contributed by atoms with Gasteiger partial charge in [-0.2, -0.15) is 4.31 Å². The zero-order valence-corrected chi connectivity index (χ0v) is 36.0. The van der Waals surface area contributed by atoms with Crippen LogP contribution in [0.1, 0.15) is 55.2 Å². The lowest BCUT2D eigenvalue weighted by Gasteiger charge is -2.37. The van der Waals surface area contributed by atoms with Crippen LogP contribution in [0.15, 0.2) is 114 Å². The lowest BCUT2D eigenvalue weighted by molar-refractivity contribution is -0.387. The van der Waals surface area contributed by atoms with Gasteiger partial charge in [0.1, 0.15) is 12.4 Å². The minimum atomic E-state index is -4.44. The predicted octanol–water partition coefficient (Wildman–Crippen LogP) is 7.17. The topological polar surface area (TPSA) is 159 Å². The Labute approximate surface area is 363 Å². The van der Waals surface area contributed by atoms with E-state index in [0.717, 1.165) is 96.2 Å². The van der Waals surface area contributed by atoms with Crippen molar-refractivity contribution in [3.8, 4) is 0 Å². The average molecular weight is 862 g/mol. The van der Waals surface area contributed by atoms with E-state index in [1.165, 1.54) is 24.3 Å². The second kappa shape index (κ2) is 20.9. The fourth-order valence-electron chi connectivity index (χ4n) is 8.32. The number of hydrogen-bond acceptors (Lipinski definition) is 11. The molecule has 2 saturated heterocycles. The predicted molar refractivity (Wildman–Crippen MR) is 240 cm³/mol. The summed E-state index contributed by atoms with van der Waals surface area (Å²) in [7, 11) is -4.44. The number of sulfonamides is 1. The maximum Gasteiger partial charge on any atom is 0.306 e. The number of ether oxygens (including phenoxy) is 1. The highest BCUT2D eigenvalue weighted by Gasteiger charge is 2.38. The third kappa shape index (κ3) is 11.6. The summed E-state index contributed by atoms with van der Waals surface area (Å²) in [6, 6.07) is 32.0. The first kappa shape index (κ1) is 44.3. The van der Waals surface area contributed by atoms with E-state index in [2.05, 4.69) is 38.2 Å². The molecule has 3 heterocycles. The van der Waals surface area contributed by atoms with Crippen molar-refractivity contribution in [3.63, 3.8) is 0 Å². The molecule has 14 nitrogen and oxygen atoms in total. The summed E-state index contributed by atoms with van der Waals surface area (Å²) in [4.78, 5) is 48.7. The molecule has 2 fully saturated rings. The number of nitrogens with zero attached hydrogens (tertiary/aromatic N) is 6. The van der Waals surface area contributed by atoms with Gasteiger partial charge < -0.3 is 15.0 Å². The molecular weight excluding hydrogens is 807 g/mol. The number of rotatable bonds is 18. The van der Waals surface area contributed by atoms with Crippen LogP contribution in [0.3, 0.4) is 0 Å². The molecule has 0 unspecified atom stereocenters. The Morgan fingerprint density at radius 3 is 2.21 bits per heavy atom. The molecule has 326 valence electrons. The number of hydrogen-bond donors (Lipinski definition) is 1. The van der Waals surface area contributed by atoms with E-state index in [0.29, 0.717) is 44.6 Å². The third-order valence-corrected chi connectivity index (χ3v) is 13.7. The number of piperidine rings is 1. The van der Waals surface area contributed by atoms with Gasteiger partial charge in [-0.05, 0) is 86.2 Å². The number of aromatic nitrogens is 1. The Balaban J connectivity index is 0.932. The van der Waals surface area contributed by atoms with Gasteiger partial charge in [-0.15, -0.1) is 0 Å². The molecule has 7 rings (SSSR count). The molecule has 0 saturated carbocycles. The van der Waals surface area contributed by atoms with Crippen LogP contribution in [0, 0.1) is 17.0 Å². The number of likely N-dealkylation sites (tertiary alicyclic amines) is 1. The van der Waals surface area contributed by atoms with Gasteiger partial charge >= 0.3 is 5.97 Å². The maximum absolute atomic E-state index is 14.3. The quantitative estimate of drug-likeness (QED) is 0.0412. The molecule has 1 aromatic heterocycles. The maximum atomic E-state index is 14.3. The average Bonchev–Trinajstić information content (AvgIpc) is 3.28. The van der Waals surface area contributed by atoms with Crippen LogP contribution in [-0.4, -0.2) is 103 Å². The van der Waals surface area contributed by atoms with Gasteiger partial charge in [0.25, 0.3) is 15.7 Å². The fraction of sp³-hybridized carbons (Fsp3) is 0.383. The summed E-state index contributed by atoms with van der Waals surface area (Å²) in [6.45, 7) is 8.26. The molecule has 1 amide bonds. The monoisotopic (exact) mass is 861 g/mol. The van der Waals surface area contributed by atoms with Gasteiger partial charge in [0.2, 0.25) is 5.91 Å². The molecule has 1 N–H and O–H groups in total. The van der Waals surface area contributed by atoms with Crippen molar-refractivity contribution < 1.29 is 27.7 Å². The Bertz CT molecular complexity index is 2420. The minimum Gasteiger partial charge on any atom is -0.461 e. The number of amides is 1. The normalized spacial score (nSPS) is 15.5. The molecule has 5 aromatic rings. The van der Waals surface area contributed by atoms with Crippen molar-refractivity contribution in [1.29, 1.82) is 0 Å². The first-order chi connectivity index (χ1) is 30.0. The summed E-state index contributed by atoms with van der Waals surface area (Å²) in [5.74, 6) is 0.199. The van der Waals surface area contributed by atoms with E-state index in [-0.39, 0.29) is 5.97 Å². The number of carbonyl (C=O) groups is 2. The number of piperazine rings is 1. The lowest BCUT2D eigenvalue weighted by Crippen LogP contribution is -2.49. The summed E-state index contributed by atoms with van der Waals surface area (Å²) in [5, 5.41) is 15.7. The molecule has 0 aliphatic carbocycles. The van der Waals surface area contributed by atoms with Crippen LogP contribution in [0.25, 0.3) is 10.9 Å². The van der Waals surface area contributed by atoms with Crippen LogP contribution < -0.4 is 10.2 Å². The van der Waals surface area contributed by atoms with E-state index in [4.69, 9.17) is 9.72 Å². The number of nitro groups is 1. The number of anilines is 2. The molecule has 0 spiro atoms. The number of aryl methyl sites for hydroxylation is 1. The van der Waals surface area contributed by atoms with E-state index in [9.17, 15) is 28.1 Å². The number of benzene rings is 4. The smallest absolute Gasteiger partial charge is 0.306 e. The number of nitro benzene ring substituents is 1. The standard InChI is InChI=1S/C47H55N7O7S/c1-36-31-45(52-29-27-50(28-30-52)24-12-4-9-19-47(56)61-35-38-15-7-3-8-16-38)49-42-21-20-39(32-41(36)42)48-46(55)34-53(62(59,60)44-18-11-10-17-43(44)54(57)58)40-22-25-51(26-23-40)33-37-13-5-2-6-14-37/h2-3,5-8,10-11,13-18,20-21,31-32,40H,4,9,12,19,22-30,33-35H2,1H3,(H,48,55). The number of unbranched alkanes of at least 4 members (excludes halogenated alkanes) is 2. The van der Waals surface area contributed by atoms with Crippen LogP contribution in [-0.2, 0) is 37.5 Å². The summed E-state index contributed by atoms with van der Waals surface area (Å²) in [5.41, 5.74) is 3.89. The van der Waals surface area contributed by atoms with Gasteiger partial charge in [0.05, 0.1) is 17.0 Å². The first-order valence-electron chi connectivity index (χ1n) is 21.4. The van der Waals surface area contributed by atoms with E-state index >= 15 is 0 Å². The van der Waals surface area contributed by atoms with Gasteiger partial charge in [0.15, 0.2) is 4.90 Å². The van der Waals surface area contributed by atoms with Crippen molar-refractivity contribution in [2.24, 2.45) is 0 Å². The first-order valence-corrected chi connectivity index (χ1v) is 22.9. The van der Waals surface area contributed by atoms with Gasteiger partial charge in [0, 0.05) is 75.4 Å². The highest BCUT2D eigenvalue weighted by atomic mass is 32.2. The van der Waals surface area contributed by atoms with Crippen LogP contribution in [0.5, 0.6) is 0 Å². The van der Waals surface area contributed by atoms with E-state index in [1.54, 1.807) is 6.07 Å². The summed E-state index contributed by atoms with van der Waals surface area (Å²) in [6.07, 6.45) is 4.18. The van der Waals surface area contributed by atoms with Gasteiger partial charge in [-0.1, -0.05) is 79.2 Å². The van der Waals surface area contributed by atoms with Gasteiger partial charge in [-0.25, -0.2) is 13.4 Å². The summed E-state index contributed by atoms with van der Waals surface area (Å²) >= 11 is 0. The number of nitrogens with one attached hydrogen (secondary N) is 1. The van der Waals surface area contributed by atoms with Crippen molar-refractivity contribution >= 4 is 50.0 Å². The van der Waals surface area contributed by atoms with Gasteiger partial charge in [-0.3, -0.25) is 29.5 Å². The zero-order chi connectivity index (χ0) is 43.5. The number of fused-ring (bicyclic) bond motifs is 1. The molecule has 0 atom stereocenters. The molecule has 15 heteroatoms. The Hall–Kier alpha value is -5.74. The fourth-order valence-corrected chi connectivity index (χ4v) is 10.1. The van der Waals surface area contributed by atoms with Crippen molar-refractivity contribution in [1.82, 2.24) is 19.1 Å². The van der Waals surface area contributed by atoms with E-state index in [1.807, 2.05) is 67.6 Å². The second-order valence-electron chi connectivity index (χ2n) is 16.1. The number of para-hydroxylation sites is 1. The highest BCUT2D eigenvalue weighted by Crippen LogP contribution is 2.31. The molecule has 62 heavy (non-hydrogen) atoms. The SMILES string of the molecule is Cc1cc(N2CCN(CCCCCC(=O)OCc3ccccc3)CC2)nc2ccc(NC(=O)CN(C3CCN(Cc4ccccc4)CC3)S(=O)(=O)c3ccccc3[N+](=O)[O-])cc12. The molecule has 0 bridgehead atoms. The molecule has 4 aromatic carbocycles. The zero-order valence-electron chi connectivity index (χ0n) is 35.2. The number of pyridine rings is 1. The van der Waals surface area contributed by atoms with Crippen LogP contribution >= 0.6 is 0 Å². The van der Waals surface area contributed by atoms with Crippen molar-refractivity contribution in [2.45, 2.75) is 69.5 Å². The highest BCUT2D eigenvalue weighted by molar-refractivity contribution is 7.89. The number of esters is 1. The van der Waals surface area contributed by atoms with Crippen molar-refractivity contribution in [3.05, 3.63) is 136 Å². The Morgan fingerprint density at radius 1 is 0.823 bits per heavy atom. The van der Waals surface area contributed by atoms with E-state index < -0.39 is 44.0 Å². The molecule has 2 aliphatic rings. The lowest BCUT2D eigenvalue weighted by atomic mass is 10.0. The van der Waals surface area contributed by atoms with Crippen molar-refractivity contribution in [2.75, 3.05) is 62.6 Å². The molecule has 0 radical (unpaired) electrons.